The molecule has 0 aromatic heterocycles. The molecule has 0 aliphatic carbocycles. The van der Waals surface area contributed by atoms with Crippen LogP contribution in [-0.2, 0) is 4.74 Å². The van der Waals surface area contributed by atoms with Gasteiger partial charge >= 0.3 is 0 Å². The molecule has 1 aromatic carbocycles. The molecule has 5 nitrogen and oxygen atoms in total. The zero-order chi connectivity index (χ0) is 12.0. The normalized spacial score (nSPS) is 20.9. The Hall–Kier alpha value is -1.33. The number of anilines is 1. The molecule has 0 bridgehead atoms. The molecule has 2 aliphatic rings. The number of hydrogen-bond acceptors (Lipinski definition) is 4. The highest BCUT2D eigenvalue weighted by atomic mass is 35.5. The van der Waals surface area contributed by atoms with Gasteiger partial charge in [-0.25, -0.2) is 0 Å². The van der Waals surface area contributed by atoms with Crippen LogP contribution in [0.5, 0.6) is 0 Å². The molecular weight excluding hydrogens is 244 g/mol. The van der Waals surface area contributed by atoms with Crippen LogP contribution in [0.15, 0.2) is 18.2 Å². The number of halogens is 1. The van der Waals surface area contributed by atoms with Gasteiger partial charge in [0.2, 0.25) is 0 Å². The third kappa shape index (κ3) is 1.50. The Morgan fingerprint density at radius 2 is 2.24 bits per heavy atom. The van der Waals surface area contributed by atoms with E-state index < -0.39 is 0 Å². The maximum Gasteiger partial charge on any atom is 0.294 e. The second-order valence-electron chi connectivity index (χ2n) is 4.51. The Morgan fingerprint density at radius 1 is 1.47 bits per heavy atom. The minimum atomic E-state index is -0.382. The lowest BCUT2D eigenvalue weighted by atomic mass is 9.82. The van der Waals surface area contributed by atoms with Gasteiger partial charge in [-0.3, -0.25) is 10.1 Å². The smallest absolute Gasteiger partial charge is 0.294 e. The molecule has 0 N–H and O–H groups in total. The van der Waals surface area contributed by atoms with Crippen molar-refractivity contribution in [2.45, 2.75) is 12.0 Å². The third-order valence-electron chi connectivity index (χ3n) is 3.54. The van der Waals surface area contributed by atoms with E-state index in [0.717, 1.165) is 13.0 Å². The third-order valence-corrected chi connectivity index (χ3v) is 3.77. The largest absolute Gasteiger partial charge is 0.376 e. The highest BCUT2D eigenvalue weighted by Crippen LogP contribution is 2.44. The monoisotopic (exact) mass is 254 g/mol. The summed E-state index contributed by atoms with van der Waals surface area (Å²) in [6.45, 7) is 2.16. The first-order valence-electron chi connectivity index (χ1n) is 5.42. The van der Waals surface area contributed by atoms with E-state index >= 15 is 0 Å². The van der Waals surface area contributed by atoms with Crippen molar-refractivity contribution in [2.24, 2.45) is 0 Å². The predicted octanol–water partition coefficient (Wildman–Crippen LogP) is 2.23. The van der Waals surface area contributed by atoms with Crippen LogP contribution in [0.1, 0.15) is 6.42 Å². The molecule has 6 heteroatoms. The standard InChI is InChI=1S/C11H11ClN2O3/c12-8-1-2-9(10(5-8)14(15)16)13-4-3-11(13)6-17-7-11/h1-2,5H,3-4,6-7H2. The molecule has 3 rings (SSSR count). The van der Waals surface area contributed by atoms with Gasteiger partial charge in [-0.2, -0.15) is 0 Å². The topological polar surface area (TPSA) is 55.6 Å². The molecular formula is C11H11ClN2O3. The summed E-state index contributed by atoms with van der Waals surface area (Å²) < 4.78 is 5.22. The minimum absolute atomic E-state index is 0.00140. The first-order chi connectivity index (χ1) is 8.12. The van der Waals surface area contributed by atoms with E-state index in [0.29, 0.717) is 23.9 Å². The van der Waals surface area contributed by atoms with Gasteiger partial charge in [-0.1, -0.05) is 11.6 Å². The highest BCUT2D eigenvalue weighted by Gasteiger charge is 2.52. The van der Waals surface area contributed by atoms with Gasteiger partial charge in [0.05, 0.1) is 23.7 Å². The van der Waals surface area contributed by atoms with E-state index in [1.165, 1.54) is 6.07 Å². The predicted molar refractivity (Wildman–Crippen MR) is 63.6 cm³/mol. The molecule has 0 amide bonds. The van der Waals surface area contributed by atoms with E-state index in [1.54, 1.807) is 12.1 Å². The van der Waals surface area contributed by atoms with Gasteiger partial charge in [0.25, 0.3) is 5.69 Å². The molecule has 0 radical (unpaired) electrons. The van der Waals surface area contributed by atoms with Crippen molar-refractivity contribution in [3.05, 3.63) is 33.3 Å². The summed E-state index contributed by atoms with van der Waals surface area (Å²) in [7, 11) is 0. The van der Waals surface area contributed by atoms with E-state index in [2.05, 4.69) is 4.90 Å². The van der Waals surface area contributed by atoms with Crippen LogP contribution in [0.3, 0.4) is 0 Å². The average molecular weight is 255 g/mol. The molecule has 0 atom stereocenters. The highest BCUT2D eigenvalue weighted by molar-refractivity contribution is 6.30. The Kier molecular flexibility index (Phi) is 2.27. The zero-order valence-electron chi connectivity index (χ0n) is 9.06. The Bertz CT molecular complexity index is 482. The lowest BCUT2D eigenvalue weighted by Gasteiger charge is -2.58. The fraction of sp³-hybridized carbons (Fsp3) is 0.455. The van der Waals surface area contributed by atoms with E-state index in [1.807, 2.05) is 0 Å². The number of nitrogens with zero attached hydrogens (tertiary/aromatic N) is 2. The Labute approximate surface area is 103 Å². The quantitative estimate of drug-likeness (QED) is 0.600. The summed E-state index contributed by atoms with van der Waals surface area (Å²) in [6, 6.07) is 4.82. The molecule has 2 fully saturated rings. The summed E-state index contributed by atoms with van der Waals surface area (Å²) in [5, 5.41) is 11.4. The van der Waals surface area contributed by atoms with Gasteiger partial charge in [-0.15, -0.1) is 0 Å². The van der Waals surface area contributed by atoms with Gasteiger partial charge in [0, 0.05) is 17.6 Å². The maximum atomic E-state index is 11.0. The maximum absolute atomic E-state index is 11.0. The number of nitro benzene ring substituents is 1. The summed E-state index contributed by atoms with van der Waals surface area (Å²) in [6.07, 6.45) is 1.03. The second kappa shape index (κ2) is 3.58. The summed E-state index contributed by atoms with van der Waals surface area (Å²) in [5.41, 5.74) is 0.718. The summed E-state index contributed by atoms with van der Waals surface area (Å²) in [5.74, 6) is 0. The molecule has 2 saturated heterocycles. The van der Waals surface area contributed by atoms with Gasteiger partial charge in [0.1, 0.15) is 5.69 Å². The molecule has 1 spiro atoms. The molecule has 90 valence electrons. The van der Waals surface area contributed by atoms with Gasteiger partial charge in [-0.05, 0) is 18.6 Å². The number of nitro groups is 1. The van der Waals surface area contributed by atoms with Crippen LogP contribution >= 0.6 is 11.6 Å². The molecule has 2 heterocycles. The van der Waals surface area contributed by atoms with Gasteiger partial charge < -0.3 is 9.64 Å². The van der Waals surface area contributed by atoms with Crippen LogP contribution in [0.2, 0.25) is 5.02 Å². The van der Waals surface area contributed by atoms with Crippen molar-refractivity contribution in [3.63, 3.8) is 0 Å². The SMILES string of the molecule is O=[N+]([O-])c1cc(Cl)ccc1N1CCC12COC2. The minimum Gasteiger partial charge on any atom is -0.376 e. The van der Waals surface area contributed by atoms with E-state index in [-0.39, 0.29) is 16.1 Å². The van der Waals surface area contributed by atoms with Crippen LogP contribution in [0.25, 0.3) is 0 Å². The second-order valence-corrected chi connectivity index (χ2v) is 4.95. The van der Waals surface area contributed by atoms with Crippen LogP contribution in [0, 0.1) is 10.1 Å². The fourth-order valence-corrected chi connectivity index (χ4v) is 2.59. The first kappa shape index (κ1) is 10.8. The van der Waals surface area contributed by atoms with Crippen molar-refractivity contribution in [2.75, 3.05) is 24.7 Å². The Morgan fingerprint density at radius 3 is 2.71 bits per heavy atom. The molecule has 17 heavy (non-hydrogen) atoms. The molecule has 1 aromatic rings. The number of rotatable bonds is 2. The number of hydrogen-bond donors (Lipinski definition) is 0. The fourth-order valence-electron chi connectivity index (χ4n) is 2.42. The lowest BCUT2D eigenvalue weighted by Crippen LogP contribution is -2.71. The first-order valence-corrected chi connectivity index (χ1v) is 5.80. The average Bonchev–Trinajstić information content (AvgIpc) is 2.16. The van der Waals surface area contributed by atoms with Crippen molar-refractivity contribution in [3.8, 4) is 0 Å². The van der Waals surface area contributed by atoms with Crippen molar-refractivity contribution in [1.82, 2.24) is 0 Å². The van der Waals surface area contributed by atoms with Gasteiger partial charge in [0.15, 0.2) is 0 Å². The van der Waals surface area contributed by atoms with Crippen LogP contribution < -0.4 is 4.90 Å². The molecule has 0 unspecified atom stereocenters. The Balaban J connectivity index is 2.00. The summed E-state index contributed by atoms with van der Waals surface area (Å²) in [4.78, 5) is 12.7. The van der Waals surface area contributed by atoms with Crippen LogP contribution in [0.4, 0.5) is 11.4 Å². The lowest BCUT2D eigenvalue weighted by molar-refractivity contribution is -0.384. The number of ether oxygens (including phenoxy) is 1. The van der Waals surface area contributed by atoms with Crippen molar-refractivity contribution >= 4 is 23.0 Å². The van der Waals surface area contributed by atoms with E-state index in [9.17, 15) is 10.1 Å². The summed E-state index contributed by atoms with van der Waals surface area (Å²) >= 11 is 5.80. The van der Waals surface area contributed by atoms with Crippen molar-refractivity contribution < 1.29 is 9.66 Å². The van der Waals surface area contributed by atoms with E-state index in [4.69, 9.17) is 16.3 Å². The van der Waals surface area contributed by atoms with Crippen molar-refractivity contribution in [1.29, 1.82) is 0 Å². The molecule has 2 aliphatic heterocycles. The van der Waals surface area contributed by atoms with Crippen LogP contribution in [-0.4, -0.2) is 30.2 Å². The zero-order valence-corrected chi connectivity index (χ0v) is 9.81. The molecule has 0 saturated carbocycles. The number of benzene rings is 1.